The van der Waals surface area contributed by atoms with Crippen LogP contribution in [0, 0.1) is 0 Å². The van der Waals surface area contributed by atoms with Gasteiger partial charge in [0.15, 0.2) is 0 Å². The summed E-state index contributed by atoms with van der Waals surface area (Å²) in [5, 5.41) is 13.9. The SMILES string of the molecule is CN(C)CC(O)COC(C)(C)Cn1ccc(N)n1. The van der Waals surface area contributed by atoms with Crippen LogP contribution in [0.4, 0.5) is 5.82 Å². The number of nitrogens with two attached hydrogens (primary N) is 1. The number of ether oxygens (including phenoxy) is 1. The lowest BCUT2D eigenvalue weighted by Crippen LogP contribution is -2.37. The van der Waals surface area contributed by atoms with Gasteiger partial charge < -0.3 is 20.5 Å². The van der Waals surface area contributed by atoms with Crippen molar-refractivity contribution in [2.75, 3.05) is 33.0 Å². The first-order chi connectivity index (χ1) is 8.28. The molecule has 0 spiro atoms. The summed E-state index contributed by atoms with van der Waals surface area (Å²) in [6, 6.07) is 1.75. The van der Waals surface area contributed by atoms with Gasteiger partial charge in [0.1, 0.15) is 5.82 Å². The maximum absolute atomic E-state index is 9.74. The highest BCUT2D eigenvalue weighted by Gasteiger charge is 2.21. The van der Waals surface area contributed by atoms with Crippen LogP contribution < -0.4 is 5.73 Å². The zero-order valence-corrected chi connectivity index (χ0v) is 11.6. The lowest BCUT2D eigenvalue weighted by Gasteiger charge is -2.27. The highest BCUT2D eigenvalue weighted by atomic mass is 16.5. The van der Waals surface area contributed by atoms with Crippen LogP contribution in [-0.2, 0) is 11.3 Å². The van der Waals surface area contributed by atoms with E-state index in [0.29, 0.717) is 25.5 Å². The molecule has 6 heteroatoms. The van der Waals surface area contributed by atoms with Crippen LogP contribution in [0.2, 0.25) is 0 Å². The first-order valence-corrected chi connectivity index (χ1v) is 6.04. The molecule has 18 heavy (non-hydrogen) atoms. The Labute approximate surface area is 108 Å². The number of likely N-dealkylation sites (N-methyl/N-ethyl adjacent to an activating group) is 1. The Kier molecular flexibility index (Phi) is 5.13. The molecule has 1 aromatic heterocycles. The number of anilines is 1. The van der Waals surface area contributed by atoms with E-state index in [1.165, 1.54) is 0 Å². The van der Waals surface area contributed by atoms with Gasteiger partial charge in [-0.25, -0.2) is 0 Å². The van der Waals surface area contributed by atoms with E-state index in [-0.39, 0.29) is 0 Å². The van der Waals surface area contributed by atoms with E-state index in [0.717, 1.165) is 0 Å². The maximum atomic E-state index is 9.74. The molecule has 0 bridgehead atoms. The smallest absolute Gasteiger partial charge is 0.145 e. The first kappa shape index (κ1) is 14.9. The summed E-state index contributed by atoms with van der Waals surface area (Å²) in [5.41, 5.74) is 5.16. The molecule has 0 aliphatic carbocycles. The van der Waals surface area contributed by atoms with Crippen molar-refractivity contribution >= 4 is 5.82 Å². The Morgan fingerprint density at radius 3 is 2.72 bits per heavy atom. The van der Waals surface area contributed by atoms with Crippen LogP contribution in [0.15, 0.2) is 12.3 Å². The summed E-state index contributed by atoms with van der Waals surface area (Å²) in [6.45, 7) is 5.42. The van der Waals surface area contributed by atoms with Crippen molar-refractivity contribution in [3.05, 3.63) is 12.3 Å². The molecule has 1 rings (SSSR count). The van der Waals surface area contributed by atoms with E-state index >= 15 is 0 Å². The van der Waals surface area contributed by atoms with E-state index in [1.807, 2.05) is 39.0 Å². The van der Waals surface area contributed by atoms with Gasteiger partial charge in [-0.3, -0.25) is 4.68 Å². The fourth-order valence-electron chi connectivity index (χ4n) is 1.70. The molecule has 0 fully saturated rings. The molecule has 0 saturated carbocycles. The standard InChI is InChI=1S/C12H24N4O2/c1-12(2,9-16-6-5-11(13)14-16)18-8-10(17)7-15(3)4/h5-6,10,17H,7-9H2,1-4H3,(H2,13,14). The topological polar surface area (TPSA) is 76.5 Å². The van der Waals surface area contributed by atoms with Crippen LogP contribution in [0.5, 0.6) is 0 Å². The number of nitrogens with zero attached hydrogens (tertiary/aromatic N) is 3. The fourth-order valence-corrected chi connectivity index (χ4v) is 1.70. The molecule has 6 nitrogen and oxygen atoms in total. The van der Waals surface area contributed by atoms with Crippen molar-refractivity contribution in [3.8, 4) is 0 Å². The van der Waals surface area contributed by atoms with Gasteiger partial charge in [0.05, 0.1) is 24.9 Å². The fraction of sp³-hybridized carbons (Fsp3) is 0.750. The van der Waals surface area contributed by atoms with Gasteiger partial charge in [-0.1, -0.05) is 0 Å². The third-order valence-corrected chi connectivity index (χ3v) is 2.45. The lowest BCUT2D eigenvalue weighted by molar-refractivity contribution is -0.0726. The van der Waals surface area contributed by atoms with Crippen LogP contribution in [0.25, 0.3) is 0 Å². The van der Waals surface area contributed by atoms with Gasteiger partial charge in [-0.05, 0) is 34.0 Å². The lowest BCUT2D eigenvalue weighted by atomic mass is 10.1. The van der Waals surface area contributed by atoms with Crippen LogP contribution >= 0.6 is 0 Å². The largest absolute Gasteiger partial charge is 0.389 e. The second-order valence-electron chi connectivity index (χ2n) is 5.42. The van der Waals surface area contributed by atoms with Gasteiger partial charge in [0, 0.05) is 12.7 Å². The summed E-state index contributed by atoms with van der Waals surface area (Å²) < 4.78 is 7.47. The summed E-state index contributed by atoms with van der Waals surface area (Å²) in [5.74, 6) is 0.499. The van der Waals surface area contributed by atoms with Gasteiger partial charge in [-0.2, -0.15) is 5.10 Å². The Balaban J connectivity index is 2.39. The Bertz CT molecular complexity index is 363. The predicted molar refractivity (Wildman–Crippen MR) is 71.2 cm³/mol. The molecule has 0 radical (unpaired) electrons. The average Bonchev–Trinajstić information content (AvgIpc) is 2.59. The molecule has 1 unspecified atom stereocenters. The van der Waals surface area contributed by atoms with E-state index < -0.39 is 11.7 Å². The summed E-state index contributed by atoms with van der Waals surface area (Å²) in [4.78, 5) is 1.93. The number of hydrogen-bond donors (Lipinski definition) is 2. The van der Waals surface area contributed by atoms with Crippen molar-refractivity contribution in [1.82, 2.24) is 14.7 Å². The molecule has 1 heterocycles. The number of nitrogen functional groups attached to an aromatic ring is 1. The Morgan fingerprint density at radius 1 is 1.56 bits per heavy atom. The Hall–Kier alpha value is -1.11. The van der Waals surface area contributed by atoms with E-state index in [1.54, 1.807) is 10.7 Å². The molecular weight excluding hydrogens is 232 g/mol. The van der Waals surface area contributed by atoms with Crippen LogP contribution in [-0.4, -0.2) is 58.7 Å². The molecule has 0 amide bonds. The number of aliphatic hydroxyl groups is 1. The number of rotatable bonds is 7. The number of aromatic nitrogens is 2. The zero-order chi connectivity index (χ0) is 13.8. The molecule has 104 valence electrons. The Morgan fingerprint density at radius 2 is 2.22 bits per heavy atom. The third kappa shape index (κ3) is 5.48. The van der Waals surface area contributed by atoms with Gasteiger partial charge >= 0.3 is 0 Å². The maximum Gasteiger partial charge on any atom is 0.145 e. The number of aliphatic hydroxyl groups excluding tert-OH is 1. The van der Waals surface area contributed by atoms with E-state index in [2.05, 4.69) is 5.10 Å². The molecule has 3 N–H and O–H groups in total. The highest BCUT2D eigenvalue weighted by Crippen LogP contribution is 2.13. The predicted octanol–water partition coefficient (Wildman–Crippen LogP) is 0.183. The summed E-state index contributed by atoms with van der Waals surface area (Å²) >= 11 is 0. The van der Waals surface area contributed by atoms with Crippen LogP contribution in [0.1, 0.15) is 13.8 Å². The van der Waals surface area contributed by atoms with Crippen molar-refractivity contribution < 1.29 is 9.84 Å². The molecule has 0 aromatic carbocycles. The number of hydrogen-bond acceptors (Lipinski definition) is 5. The average molecular weight is 256 g/mol. The summed E-state index contributed by atoms with van der Waals surface area (Å²) in [6.07, 6.45) is 1.33. The third-order valence-electron chi connectivity index (χ3n) is 2.45. The molecule has 0 aliphatic heterocycles. The quantitative estimate of drug-likeness (QED) is 0.728. The minimum Gasteiger partial charge on any atom is -0.389 e. The highest BCUT2D eigenvalue weighted by molar-refractivity contribution is 5.23. The van der Waals surface area contributed by atoms with Gasteiger partial charge in [0.2, 0.25) is 0 Å². The molecule has 0 aliphatic rings. The van der Waals surface area contributed by atoms with Gasteiger partial charge in [-0.15, -0.1) is 0 Å². The van der Waals surface area contributed by atoms with Crippen LogP contribution in [0.3, 0.4) is 0 Å². The molecule has 0 saturated heterocycles. The monoisotopic (exact) mass is 256 g/mol. The van der Waals surface area contributed by atoms with Crippen molar-refractivity contribution in [2.45, 2.75) is 32.1 Å². The minimum atomic E-state index is -0.484. The second kappa shape index (κ2) is 6.17. The molecular formula is C12H24N4O2. The normalized spacial score (nSPS) is 14.1. The molecule has 1 atom stereocenters. The second-order valence-corrected chi connectivity index (χ2v) is 5.42. The summed E-state index contributed by atoms with van der Waals surface area (Å²) in [7, 11) is 3.84. The minimum absolute atomic E-state index is 0.307. The van der Waals surface area contributed by atoms with Gasteiger partial charge in [0.25, 0.3) is 0 Å². The first-order valence-electron chi connectivity index (χ1n) is 6.04. The van der Waals surface area contributed by atoms with Crippen molar-refractivity contribution in [3.63, 3.8) is 0 Å². The van der Waals surface area contributed by atoms with E-state index in [9.17, 15) is 5.11 Å². The zero-order valence-electron chi connectivity index (χ0n) is 11.6. The molecule has 1 aromatic rings. The van der Waals surface area contributed by atoms with Crippen molar-refractivity contribution in [2.24, 2.45) is 0 Å². The van der Waals surface area contributed by atoms with Crippen molar-refractivity contribution in [1.29, 1.82) is 0 Å². The van der Waals surface area contributed by atoms with E-state index in [4.69, 9.17) is 10.5 Å².